The van der Waals surface area contributed by atoms with Crippen molar-refractivity contribution in [1.82, 2.24) is 15.3 Å². The molecule has 0 spiro atoms. The van der Waals surface area contributed by atoms with Crippen LogP contribution in [0.5, 0.6) is 5.88 Å². The van der Waals surface area contributed by atoms with E-state index in [9.17, 15) is 0 Å². The first-order valence-corrected chi connectivity index (χ1v) is 6.44. The number of nitrogens with one attached hydrogen (secondary N) is 1. The van der Waals surface area contributed by atoms with Gasteiger partial charge in [0.15, 0.2) is 0 Å². The molecule has 0 bridgehead atoms. The summed E-state index contributed by atoms with van der Waals surface area (Å²) in [6.45, 7) is 1.77. The first-order chi connectivity index (χ1) is 8.83. The van der Waals surface area contributed by atoms with Crippen molar-refractivity contribution < 1.29 is 9.47 Å². The van der Waals surface area contributed by atoms with Gasteiger partial charge in [0, 0.05) is 25.3 Å². The van der Waals surface area contributed by atoms with Crippen molar-refractivity contribution >= 4 is 0 Å². The zero-order valence-corrected chi connectivity index (χ0v) is 11.1. The van der Waals surface area contributed by atoms with Gasteiger partial charge in [-0.2, -0.15) is 0 Å². The maximum Gasteiger partial charge on any atom is 0.216 e. The SMILES string of the molecule is CNC(CC1CCOCC1)c1cc(OC)ncn1. The second kappa shape index (κ2) is 6.66. The Labute approximate surface area is 108 Å². The van der Waals surface area contributed by atoms with Gasteiger partial charge in [-0.15, -0.1) is 0 Å². The van der Waals surface area contributed by atoms with E-state index in [1.807, 2.05) is 13.1 Å². The minimum absolute atomic E-state index is 0.255. The third kappa shape index (κ3) is 3.40. The Hall–Kier alpha value is -1.20. The number of methoxy groups -OCH3 is 1. The number of ether oxygens (including phenoxy) is 2. The van der Waals surface area contributed by atoms with Crippen LogP contribution in [0.15, 0.2) is 12.4 Å². The molecule has 100 valence electrons. The van der Waals surface area contributed by atoms with Crippen molar-refractivity contribution in [2.45, 2.75) is 25.3 Å². The second-order valence-electron chi connectivity index (χ2n) is 4.62. The Balaban J connectivity index is 2.02. The summed E-state index contributed by atoms with van der Waals surface area (Å²) in [5.41, 5.74) is 0.996. The highest BCUT2D eigenvalue weighted by atomic mass is 16.5. The van der Waals surface area contributed by atoms with Crippen LogP contribution >= 0.6 is 0 Å². The number of aromatic nitrogens is 2. The third-order valence-electron chi connectivity index (χ3n) is 3.49. The molecular formula is C13H21N3O2. The monoisotopic (exact) mass is 251 g/mol. The lowest BCUT2D eigenvalue weighted by Gasteiger charge is -2.26. The van der Waals surface area contributed by atoms with Gasteiger partial charge in [0.05, 0.1) is 12.8 Å². The maximum atomic E-state index is 5.39. The van der Waals surface area contributed by atoms with Crippen molar-refractivity contribution in [3.8, 4) is 5.88 Å². The molecule has 1 atom stereocenters. The first-order valence-electron chi connectivity index (χ1n) is 6.44. The molecule has 1 aromatic heterocycles. The summed E-state index contributed by atoms with van der Waals surface area (Å²) in [6, 6.07) is 2.16. The number of hydrogen-bond donors (Lipinski definition) is 1. The molecule has 1 aliphatic heterocycles. The lowest BCUT2D eigenvalue weighted by molar-refractivity contribution is 0.0606. The number of hydrogen-bond acceptors (Lipinski definition) is 5. The highest BCUT2D eigenvalue weighted by Crippen LogP contribution is 2.27. The largest absolute Gasteiger partial charge is 0.481 e. The van der Waals surface area contributed by atoms with Gasteiger partial charge >= 0.3 is 0 Å². The third-order valence-corrected chi connectivity index (χ3v) is 3.49. The van der Waals surface area contributed by atoms with Gasteiger partial charge in [-0.25, -0.2) is 9.97 Å². The van der Waals surface area contributed by atoms with Gasteiger partial charge in [0.1, 0.15) is 6.33 Å². The van der Waals surface area contributed by atoms with E-state index in [4.69, 9.17) is 9.47 Å². The summed E-state index contributed by atoms with van der Waals surface area (Å²) in [4.78, 5) is 8.38. The Bertz CT molecular complexity index is 367. The minimum atomic E-state index is 0.255. The van der Waals surface area contributed by atoms with Crippen LogP contribution in [0.3, 0.4) is 0 Å². The standard InChI is InChI=1S/C13H21N3O2/c1-14-11(7-10-3-5-18-6-4-10)12-8-13(17-2)16-9-15-12/h8-11,14H,3-7H2,1-2H3. The van der Waals surface area contributed by atoms with Gasteiger partial charge < -0.3 is 14.8 Å². The summed E-state index contributed by atoms with van der Waals surface area (Å²) in [5, 5.41) is 3.33. The molecule has 0 radical (unpaired) electrons. The molecule has 0 amide bonds. The van der Waals surface area contributed by atoms with Crippen LogP contribution in [0.25, 0.3) is 0 Å². The molecule has 1 saturated heterocycles. The summed E-state index contributed by atoms with van der Waals surface area (Å²) in [5.74, 6) is 1.32. The van der Waals surface area contributed by atoms with Crippen molar-refractivity contribution in [2.75, 3.05) is 27.4 Å². The second-order valence-corrected chi connectivity index (χ2v) is 4.62. The highest BCUT2D eigenvalue weighted by molar-refractivity contribution is 5.16. The lowest BCUT2D eigenvalue weighted by Crippen LogP contribution is -2.24. The number of rotatable bonds is 5. The van der Waals surface area contributed by atoms with Gasteiger partial charge in [-0.3, -0.25) is 0 Å². The molecule has 1 aromatic rings. The van der Waals surface area contributed by atoms with Crippen LogP contribution in [0.4, 0.5) is 0 Å². The van der Waals surface area contributed by atoms with E-state index in [0.717, 1.165) is 38.2 Å². The van der Waals surface area contributed by atoms with Gasteiger partial charge in [0.25, 0.3) is 0 Å². The summed E-state index contributed by atoms with van der Waals surface area (Å²) < 4.78 is 10.5. The minimum Gasteiger partial charge on any atom is -0.481 e. The highest BCUT2D eigenvalue weighted by Gasteiger charge is 2.20. The molecule has 1 N–H and O–H groups in total. The van der Waals surface area contributed by atoms with E-state index in [1.165, 1.54) is 0 Å². The Kier molecular flexibility index (Phi) is 4.90. The maximum absolute atomic E-state index is 5.39. The van der Waals surface area contributed by atoms with Crippen molar-refractivity contribution in [3.05, 3.63) is 18.1 Å². The fourth-order valence-electron chi connectivity index (χ4n) is 2.36. The molecule has 2 heterocycles. The van der Waals surface area contributed by atoms with E-state index in [2.05, 4.69) is 15.3 Å². The summed E-state index contributed by atoms with van der Waals surface area (Å²) in [6.07, 6.45) is 4.92. The molecule has 0 aromatic carbocycles. The van der Waals surface area contributed by atoms with Gasteiger partial charge in [-0.1, -0.05) is 0 Å². The van der Waals surface area contributed by atoms with E-state index in [1.54, 1.807) is 13.4 Å². The van der Waals surface area contributed by atoms with Crippen LogP contribution in [-0.2, 0) is 4.74 Å². The van der Waals surface area contributed by atoms with Crippen molar-refractivity contribution in [1.29, 1.82) is 0 Å². The van der Waals surface area contributed by atoms with Gasteiger partial charge in [-0.05, 0) is 32.2 Å². The van der Waals surface area contributed by atoms with E-state index in [-0.39, 0.29) is 6.04 Å². The zero-order valence-electron chi connectivity index (χ0n) is 11.1. The van der Waals surface area contributed by atoms with Crippen LogP contribution in [0.1, 0.15) is 31.0 Å². The molecule has 1 fully saturated rings. The van der Waals surface area contributed by atoms with Crippen LogP contribution < -0.4 is 10.1 Å². The average Bonchev–Trinajstić information content (AvgIpc) is 2.46. The lowest BCUT2D eigenvalue weighted by atomic mass is 9.91. The number of nitrogens with zero attached hydrogens (tertiary/aromatic N) is 2. The molecule has 1 aliphatic rings. The average molecular weight is 251 g/mol. The van der Waals surface area contributed by atoms with Gasteiger partial charge in [0.2, 0.25) is 5.88 Å². The van der Waals surface area contributed by atoms with E-state index in [0.29, 0.717) is 11.8 Å². The van der Waals surface area contributed by atoms with Crippen LogP contribution in [-0.4, -0.2) is 37.3 Å². The molecule has 0 aliphatic carbocycles. The molecule has 2 rings (SSSR count). The Morgan fingerprint density at radius 2 is 2.22 bits per heavy atom. The zero-order chi connectivity index (χ0) is 12.8. The van der Waals surface area contributed by atoms with Crippen LogP contribution in [0.2, 0.25) is 0 Å². The molecule has 5 nitrogen and oxygen atoms in total. The Morgan fingerprint density at radius 1 is 1.44 bits per heavy atom. The molecule has 0 saturated carbocycles. The topological polar surface area (TPSA) is 56.3 Å². The summed E-state index contributed by atoms with van der Waals surface area (Å²) in [7, 11) is 3.59. The molecule has 18 heavy (non-hydrogen) atoms. The molecule has 5 heteroatoms. The van der Waals surface area contributed by atoms with Crippen molar-refractivity contribution in [3.63, 3.8) is 0 Å². The van der Waals surface area contributed by atoms with Crippen molar-refractivity contribution in [2.24, 2.45) is 5.92 Å². The van der Waals surface area contributed by atoms with E-state index >= 15 is 0 Å². The molecular weight excluding hydrogens is 230 g/mol. The quantitative estimate of drug-likeness (QED) is 0.860. The normalized spacial score (nSPS) is 18.6. The summed E-state index contributed by atoms with van der Waals surface area (Å²) >= 11 is 0. The smallest absolute Gasteiger partial charge is 0.216 e. The predicted octanol–water partition coefficient (Wildman–Crippen LogP) is 1.56. The Morgan fingerprint density at radius 3 is 2.89 bits per heavy atom. The molecule has 1 unspecified atom stereocenters. The first kappa shape index (κ1) is 13.2. The van der Waals surface area contributed by atoms with E-state index < -0.39 is 0 Å². The predicted molar refractivity (Wildman–Crippen MR) is 68.5 cm³/mol. The fourth-order valence-corrected chi connectivity index (χ4v) is 2.36. The fraction of sp³-hybridized carbons (Fsp3) is 0.692. The van der Waals surface area contributed by atoms with Crippen LogP contribution in [0, 0.1) is 5.92 Å².